The number of fused-ring (bicyclic) bond motifs is 1. The van der Waals surface area contributed by atoms with Crippen LogP contribution in [0.3, 0.4) is 0 Å². The van der Waals surface area contributed by atoms with Crippen LogP contribution in [0.2, 0.25) is 0 Å². The summed E-state index contributed by atoms with van der Waals surface area (Å²) in [4.78, 5) is 36.1. The molecule has 0 bridgehead atoms. The molecule has 1 aliphatic heterocycles. The molecule has 1 saturated heterocycles. The third kappa shape index (κ3) is 5.03. The second-order valence-corrected chi connectivity index (χ2v) is 7.40. The van der Waals surface area contributed by atoms with E-state index in [1.54, 1.807) is 45.9 Å². The van der Waals surface area contributed by atoms with E-state index in [9.17, 15) is 19.5 Å². The molecular weight excluding hydrogens is 376 g/mol. The maximum Gasteiger partial charge on any atom is 0.334 e. The lowest BCUT2D eigenvalue weighted by molar-refractivity contribution is -0.153. The largest absolute Gasteiger partial charge is 0.458 e. The number of aliphatic hydroxyl groups is 1. The Labute approximate surface area is 170 Å². The number of carbonyl (C=O) groups excluding carboxylic acids is 3. The van der Waals surface area contributed by atoms with Gasteiger partial charge in [-0.2, -0.15) is 0 Å². The Morgan fingerprint density at radius 1 is 1.24 bits per heavy atom. The van der Waals surface area contributed by atoms with E-state index in [4.69, 9.17) is 14.2 Å². The van der Waals surface area contributed by atoms with Gasteiger partial charge < -0.3 is 19.3 Å². The summed E-state index contributed by atoms with van der Waals surface area (Å²) >= 11 is 0. The maximum absolute atomic E-state index is 12.4. The Morgan fingerprint density at radius 2 is 1.90 bits per heavy atom. The lowest BCUT2D eigenvalue weighted by atomic mass is 9.83. The van der Waals surface area contributed by atoms with Crippen molar-refractivity contribution in [2.45, 2.75) is 65.5 Å². The van der Waals surface area contributed by atoms with Crippen molar-refractivity contribution < 1.29 is 33.7 Å². The minimum absolute atomic E-state index is 0.117. The fourth-order valence-electron chi connectivity index (χ4n) is 3.36. The van der Waals surface area contributed by atoms with Crippen molar-refractivity contribution in [2.24, 2.45) is 5.92 Å². The van der Waals surface area contributed by atoms with E-state index >= 15 is 0 Å². The highest BCUT2D eigenvalue weighted by Crippen LogP contribution is 2.37. The Balaban J connectivity index is 2.52. The highest BCUT2D eigenvalue weighted by molar-refractivity contribution is 5.92. The highest BCUT2D eigenvalue weighted by Gasteiger charge is 2.47. The molecule has 1 N–H and O–H groups in total. The molecule has 29 heavy (non-hydrogen) atoms. The quantitative estimate of drug-likeness (QED) is 0.334. The number of aliphatic hydroxyl groups excluding tert-OH is 1. The van der Waals surface area contributed by atoms with Crippen molar-refractivity contribution in [1.82, 2.24) is 0 Å². The van der Waals surface area contributed by atoms with Crippen LogP contribution in [0.15, 0.2) is 47.1 Å². The van der Waals surface area contributed by atoms with Crippen molar-refractivity contribution in [1.29, 1.82) is 0 Å². The molecule has 2 rings (SSSR count). The molecule has 0 aromatic rings. The molecule has 0 unspecified atom stereocenters. The van der Waals surface area contributed by atoms with E-state index in [1.807, 2.05) is 0 Å². The van der Waals surface area contributed by atoms with Gasteiger partial charge in [0.25, 0.3) is 0 Å². The monoisotopic (exact) mass is 404 g/mol. The first-order valence-corrected chi connectivity index (χ1v) is 9.50. The second-order valence-electron chi connectivity index (χ2n) is 7.40. The molecular formula is C22H28O7. The van der Waals surface area contributed by atoms with E-state index in [1.165, 1.54) is 6.92 Å². The van der Waals surface area contributed by atoms with Crippen molar-refractivity contribution in [2.75, 3.05) is 0 Å². The van der Waals surface area contributed by atoms with Gasteiger partial charge >= 0.3 is 17.9 Å². The number of allylic oxidation sites excluding steroid dienone is 1. The van der Waals surface area contributed by atoms with Crippen LogP contribution < -0.4 is 0 Å². The van der Waals surface area contributed by atoms with E-state index in [2.05, 4.69) is 6.58 Å². The summed E-state index contributed by atoms with van der Waals surface area (Å²) < 4.78 is 16.4. The van der Waals surface area contributed by atoms with Crippen LogP contribution in [0.25, 0.3) is 0 Å². The van der Waals surface area contributed by atoms with Gasteiger partial charge in [0.05, 0.1) is 5.92 Å². The summed E-state index contributed by atoms with van der Waals surface area (Å²) in [6.45, 7) is 11.9. The topological polar surface area (TPSA) is 99.1 Å². The zero-order valence-corrected chi connectivity index (χ0v) is 17.4. The van der Waals surface area contributed by atoms with Crippen molar-refractivity contribution in [3.8, 4) is 0 Å². The smallest absolute Gasteiger partial charge is 0.334 e. The van der Waals surface area contributed by atoms with Crippen LogP contribution in [0, 0.1) is 5.92 Å². The second kappa shape index (κ2) is 9.22. The number of hydrogen-bond acceptors (Lipinski definition) is 7. The summed E-state index contributed by atoms with van der Waals surface area (Å²) in [5.74, 6) is -2.43. The Bertz CT molecular complexity index is 802. The molecule has 0 amide bonds. The molecule has 7 heteroatoms. The van der Waals surface area contributed by atoms with Crippen LogP contribution in [-0.4, -0.2) is 47.4 Å². The number of rotatable bonds is 3. The maximum atomic E-state index is 12.4. The van der Waals surface area contributed by atoms with Crippen LogP contribution in [-0.2, 0) is 28.6 Å². The van der Waals surface area contributed by atoms with Gasteiger partial charge in [-0.25, -0.2) is 9.59 Å². The molecule has 0 spiro atoms. The van der Waals surface area contributed by atoms with Gasteiger partial charge in [0.1, 0.15) is 24.4 Å². The average Bonchev–Trinajstić information content (AvgIpc) is 2.93. The first-order valence-electron chi connectivity index (χ1n) is 9.50. The SMILES string of the molecule is C=C1C(=O)O[C@H]2/C=C(/C)[C@@H](OC(C)=O)C/C=C(/C)[C@H](O)[C@@H](OC(=O)/C(C)=C\C)[C@@H]12. The van der Waals surface area contributed by atoms with E-state index in [0.717, 1.165) is 0 Å². The summed E-state index contributed by atoms with van der Waals surface area (Å²) in [6, 6.07) is 0. The number of ether oxygens (including phenoxy) is 3. The molecule has 158 valence electrons. The summed E-state index contributed by atoms with van der Waals surface area (Å²) in [5, 5.41) is 10.9. The van der Waals surface area contributed by atoms with Gasteiger partial charge in [-0.3, -0.25) is 4.79 Å². The zero-order valence-electron chi connectivity index (χ0n) is 17.4. The number of carbonyl (C=O) groups is 3. The molecule has 5 atom stereocenters. The van der Waals surface area contributed by atoms with Crippen LogP contribution >= 0.6 is 0 Å². The van der Waals surface area contributed by atoms with Crippen molar-refractivity contribution in [3.63, 3.8) is 0 Å². The predicted molar refractivity (Wildman–Crippen MR) is 106 cm³/mol. The standard InChI is InChI=1S/C22H28O7/c1-7-11(2)21(25)29-20-18-14(5)22(26)28-17(18)10-13(4)16(27-15(6)23)9-8-12(3)19(20)24/h7-8,10,16-20,24H,5,9H2,1-4,6H3/b11-7-,12-8-,13-10-/t16-,17-,18-,19-,20-/m0/s1. The summed E-state index contributed by atoms with van der Waals surface area (Å²) in [7, 11) is 0. The lowest BCUT2D eigenvalue weighted by Crippen LogP contribution is -2.43. The zero-order chi connectivity index (χ0) is 21.9. The minimum Gasteiger partial charge on any atom is -0.458 e. The molecule has 1 aliphatic carbocycles. The van der Waals surface area contributed by atoms with Gasteiger partial charge in [-0.05, 0) is 44.9 Å². The van der Waals surface area contributed by atoms with E-state index in [0.29, 0.717) is 23.1 Å². The summed E-state index contributed by atoms with van der Waals surface area (Å²) in [6.07, 6.45) is 1.71. The molecule has 0 aromatic heterocycles. The van der Waals surface area contributed by atoms with Crippen molar-refractivity contribution >= 4 is 17.9 Å². The Kier molecular flexibility index (Phi) is 7.19. The average molecular weight is 404 g/mol. The summed E-state index contributed by atoms with van der Waals surface area (Å²) in [5.41, 5.74) is 1.71. The minimum atomic E-state index is -1.19. The Morgan fingerprint density at radius 3 is 2.48 bits per heavy atom. The molecule has 2 aliphatic rings. The third-order valence-electron chi connectivity index (χ3n) is 5.29. The van der Waals surface area contributed by atoms with Gasteiger partial charge in [-0.1, -0.05) is 18.7 Å². The fraction of sp³-hybridized carbons (Fsp3) is 0.500. The first kappa shape index (κ1) is 22.6. The predicted octanol–water partition coefficient (Wildman–Crippen LogP) is 2.55. The first-order chi connectivity index (χ1) is 13.6. The highest BCUT2D eigenvalue weighted by atomic mass is 16.6. The molecule has 1 heterocycles. The fourth-order valence-corrected chi connectivity index (χ4v) is 3.36. The molecule has 7 nitrogen and oxygen atoms in total. The van der Waals surface area contributed by atoms with Gasteiger partial charge in [0, 0.05) is 24.5 Å². The molecule has 0 aromatic carbocycles. The van der Waals surface area contributed by atoms with Gasteiger partial charge in [0.2, 0.25) is 0 Å². The third-order valence-corrected chi connectivity index (χ3v) is 5.29. The van der Waals surface area contributed by atoms with Crippen LogP contribution in [0.5, 0.6) is 0 Å². The Hall–Kier alpha value is -2.67. The lowest BCUT2D eigenvalue weighted by Gasteiger charge is -2.32. The van der Waals surface area contributed by atoms with Crippen LogP contribution in [0.4, 0.5) is 0 Å². The molecule has 0 saturated carbocycles. The van der Waals surface area contributed by atoms with Crippen molar-refractivity contribution in [3.05, 3.63) is 47.1 Å². The molecule has 1 fully saturated rings. The van der Waals surface area contributed by atoms with E-state index in [-0.39, 0.29) is 5.57 Å². The van der Waals surface area contributed by atoms with E-state index < -0.39 is 48.2 Å². The number of hydrogen-bond donors (Lipinski definition) is 1. The molecule has 0 radical (unpaired) electrons. The van der Waals surface area contributed by atoms with Crippen LogP contribution in [0.1, 0.15) is 41.0 Å². The number of esters is 3. The van der Waals surface area contributed by atoms with Gasteiger partial charge in [0.15, 0.2) is 0 Å². The van der Waals surface area contributed by atoms with Gasteiger partial charge in [-0.15, -0.1) is 0 Å². The normalized spacial score (nSPS) is 34.1.